The second kappa shape index (κ2) is 19.5. The minimum Gasteiger partial charge on any atom is -0.453 e. The van der Waals surface area contributed by atoms with Crippen molar-refractivity contribution in [1.29, 1.82) is 0 Å². The number of H-pyrrole nitrogens is 1. The molecule has 4 aromatic rings. The Morgan fingerprint density at radius 3 is 2.27 bits per heavy atom. The molecule has 6 rings (SSSR count). The molecule has 4 heterocycles. The summed E-state index contributed by atoms with van der Waals surface area (Å²) in [4.78, 5) is 70.2. The molecular weight excluding hydrogens is 857 g/mol. The second-order valence-electron chi connectivity index (χ2n) is 17.2. The number of ether oxygens (including phenoxy) is 3. The number of anilines is 2. The number of aromatic amines is 1. The highest BCUT2D eigenvalue weighted by Gasteiger charge is 2.42. The first-order chi connectivity index (χ1) is 30.2. The number of imidazole rings is 1. The molecule has 0 aliphatic carbocycles. The Kier molecular flexibility index (Phi) is 14.5. The number of rotatable bonds is 12. The van der Waals surface area contributed by atoms with Crippen molar-refractivity contribution in [2.45, 2.75) is 85.5 Å². The maximum Gasteiger partial charge on any atom is 0.573 e. The number of carbonyl (C=O) groups is 4. The first kappa shape index (κ1) is 47.6. The SMILES string of the molecule is CCO[C@H]1C[C@@H](c2ncc(-c3ccc(-c4cc(Cl)c(C(=O)Nc5ccc(N6CCN(C(=O)C(C)(C)C)C[C@H]6C)nc5)cc4OC(F)(F)F)cc3)[nH]2)N(C(=O)[C@@H](NC(=O)OC)C(C)C)C1. The Morgan fingerprint density at radius 2 is 1.67 bits per heavy atom. The lowest BCUT2D eigenvalue weighted by molar-refractivity contribution is -0.274. The van der Waals surface area contributed by atoms with Gasteiger partial charge in [0.15, 0.2) is 0 Å². The number of halogens is 4. The van der Waals surface area contributed by atoms with Crippen LogP contribution >= 0.6 is 11.6 Å². The number of nitrogens with zero attached hydrogens (tertiary/aromatic N) is 5. The summed E-state index contributed by atoms with van der Waals surface area (Å²) in [7, 11) is 1.23. The normalized spacial score (nSPS) is 18.5. The fraction of sp³-hybridized carbons (Fsp3) is 0.467. The van der Waals surface area contributed by atoms with Gasteiger partial charge in [-0.25, -0.2) is 14.8 Å². The van der Waals surface area contributed by atoms with Crippen molar-refractivity contribution in [3.8, 4) is 28.1 Å². The zero-order valence-electron chi connectivity index (χ0n) is 37.0. The molecule has 2 aromatic carbocycles. The van der Waals surface area contributed by atoms with Crippen LogP contribution in [0.25, 0.3) is 22.4 Å². The molecule has 344 valence electrons. The van der Waals surface area contributed by atoms with Crippen molar-refractivity contribution in [3.05, 3.63) is 77.3 Å². The van der Waals surface area contributed by atoms with Crippen LogP contribution in [-0.2, 0) is 19.1 Å². The van der Waals surface area contributed by atoms with Crippen molar-refractivity contribution < 1.29 is 46.6 Å². The van der Waals surface area contributed by atoms with E-state index in [0.29, 0.717) is 61.1 Å². The van der Waals surface area contributed by atoms with Gasteiger partial charge in [0.1, 0.15) is 23.4 Å². The summed E-state index contributed by atoms with van der Waals surface area (Å²) in [5.41, 5.74) is 1.06. The van der Waals surface area contributed by atoms with Gasteiger partial charge in [0.2, 0.25) is 11.8 Å². The van der Waals surface area contributed by atoms with Gasteiger partial charge in [-0.1, -0.05) is 70.5 Å². The number of alkyl carbamates (subject to hydrolysis) is 1. The Morgan fingerprint density at radius 1 is 0.969 bits per heavy atom. The molecule has 4 atom stereocenters. The molecule has 3 N–H and O–H groups in total. The number of likely N-dealkylation sites (tertiary alicyclic amines) is 1. The third kappa shape index (κ3) is 11.1. The van der Waals surface area contributed by atoms with E-state index in [0.717, 1.165) is 6.07 Å². The maximum absolute atomic E-state index is 13.8. The fourth-order valence-corrected chi connectivity index (χ4v) is 8.21. The predicted octanol–water partition coefficient (Wildman–Crippen LogP) is 8.09. The lowest BCUT2D eigenvalue weighted by Crippen LogP contribution is -2.56. The van der Waals surface area contributed by atoms with E-state index in [1.165, 1.54) is 19.4 Å². The molecule has 4 amide bonds. The Bertz CT molecular complexity index is 2320. The number of hydrogen-bond acceptors (Lipinski definition) is 10. The van der Waals surface area contributed by atoms with Gasteiger partial charge in [0.05, 0.1) is 53.6 Å². The summed E-state index contributed by atoms with van der Waals surface area (Å²) >= 11 is 6.59. The van der Waals surface area contributed by atoms with Crippen molar-refractivity contribution >= 4 is 46.9 Å². The van der Waals surface area contributed by atoms with E-state index in [9.17, 15) is 32.3 Å². The molecular formula is C45H54ClF3N8O7. The lowest BCUT2D eigenvalue weighted by atomic mass is 9.94. The molecule has 64 heavy (non-hydrogen) atoms. The summed E-state index contributed by atoms with van der Waals surface area (Å²) < 4.78 is 56.5. The van der Waals surface area contributed by atoms with Gasteiger partial charge in [0.25, 0.3) is 5.91 Å². The Hall–Kier alpha value is -5.88. The number of pyridine rings is 1. The number of hydrogen-bond donors (Lipinski definition) is 3. The molecule has 0 bridgehead atoms. The quantitative estimate of drug-likeness (QED) is 0.126. The van der Waals surface area contributed by atoms with E-state index < -0.39 is 41.6 Å². The first-order valence-electron chi connectivity index (χ1n) is 21.0. The zero-order chi connectivity index (χ0) is 46.7. The van der Waals surface area contributed by atoms with Gasteiger partial charge in [-0.2, -0.15) is 0 Å². The highest BCUT2D eigenvalue weighted by atomic mass is 35.5. The summed E-state index contributed by atoms with van der Waals surface area (Å²) in [5.74, 6) is -0.763. The van der Waals surface area contributed by atoms with Crippen LogP contribution in [0.1, 0.15) is 77.1 Å². The molecule has 2 aliphatic heterocycles. The summed E-state index contributed by atoms with van der Waals surface area (Å²) in [6.45, 7) is 15.5. The number of benzene rings is 2. The average Bonchev–Trinajstić information content (AvgIpc) is 3.90. The van der Waals surface area contributed by atoms with Crippen LogP contribution in [0.15, 0.2) is 60.9 Å². The zero-order valence-corrected chi connectivity index (χ0v) is 37.8. The number of methoxy groups -OCH3 is 1. The molecule has 2 fully saturated rings. The van der Waals surface area contributed by atoms with Crippen LogP contribution in [0, 0.1) is 11.3 Å². The molecule has 2 aromatic heterocycles. The number of carbonyl (C=O) groups excluding carboxylic acids is 4. The minimum absolute atomic E-state index is 0.0116. The third-order valence-corrected chi connectivity index (χ3v) is 11.5. The van der Waals surface area contributed by atoms with Gasteiger partial charge in [0, 0.05) is 56.2 Å². The monoisotopic (exact) mass is 910 g/mol. The molecule has 15 nitrogen and oxygen atoms in total. The number of piperazine rings is 1. The number of nitrogens with one attached hydrogen (secondary N) is 3. The highest BCUT2D eigenvalue weighted by Crippen LogP contribution is 2.40. The molecule has 0 saturated carbocycles. The second-order valence-corrected chi connectivity index (χ2v) is 17.6. The molecule has 2 aliphatic rings. The van der Waals surface area contributed by atoms with E-state index >= 15 is 0 Å². The van der Waals surface area contributed by atoms with Gasteiger partial charge in [-0.15, -0.1) is 13.2 Å². The van der Waals surface area contributed by atoms with E-state index in [4.69, 9.17) is 21.1 Å². The number of alkyl halides is 3. The van der Waals surface area contributed by atoms with E-state index in [1.54, 1.807) is 47.5 Å². The molecule has 0 unspecified atom stereocenters. The molecule has 0 spiro atoms. The van der Waals surface area contributed by atoms with Gasteiger partial charge >= 0.3 is 12.5 Å². The van der Waals surface area contributed by atoms with Gasteiger partial charge < -0.3 is 44.5 Å². The highest BCUT2D eigenvalue weighted by molar-refractivity contribution is 6.35. The minimum atomic E-state index is -5.09. The smallest absolute Gasteiger partial charge is 0.453 e. The standard InChI is InChI=1S/C45H54ClF3N8O7/c1-9-63-30-18-35(57(24-30)41(59)38(25(2)3)54-43(61)62-8)39-51-22-34(53-39)28-12-10-27(11-13-28)31-19-33(46)32(20-36(31)64-45(47,48)49)40(58)52-29-14-15-37(50-21-29)56-17-16-55(23-26(56)4)42(60)44(5,6)7/h10-15,19-22,25-26,30,35,38H,9,16-18,23-24H2,1-8H3,(H,51,53)(H,52,58)(H,54,61)/t26-,30+,35+,38+/m1/s1. The van der Waals surface area contributed by atoms with Gasteiger partial charge in [-0.3, -0.25) is 14.4 Å². The third-order valence-electron chi connectivity index (χ3n) is 11.2. The predicted molar refractivity (Wildman–Crippen MR) is 235 cm³/mol. The van der Waals surface area contributed by atoms with Crippen LogP contribution in [0.3, 0.4) is 0 Å². The molecule has 0 radical (unpaired) electrons. The van der Waals surface area contributed by atoms with Crippen LogP contribution in [0.4, 0.5) is 29.5 Å². The fourth-order valence-electron chi connectivity index (χ4n) is 7.96. The average molecular weight is 911 g/mol. The molecule has 19 heteroatoms. The number of amides is 4. The van der Waals surface area contributed by atoms with Crippen LogP contribution in [-0.4, -0.2) is 113 Å². The van der Waals surface area contributed by atoms with Crippen molar-refractivity contribution in [1.82, 2.24) is 30.1 Å². The van der Waals surface area contributed by atoms with E-state index in [2.05, 4.69) is 35.2 Å². The van der Waals surface area contributed by atoms with E-state index in [-0.39, 0.29) is 58.3 Å². The number of aromatic nitrogens is 3. The first-order valence-corrected chi connectivity index (χ1v) is 21.4. The summed E-state index contributed by atoms with van der Waals surface area (Å²) in [6, 6.07) is 10.7. The van der Waals surface area contributed by atoms with Crippen molar-refractivity contribution in [3.63, 3.8) is 0 Å². The summed E-state index contributed by atoms with van der Waals surface area (Å²) in [6.07, 6.45) is -2.59. The van der Waals surface area contributed by atoms with Gasteiger partial charge in [-0.05, 0) is 55.2 Å². The van der Waals surface area contributed by atoms with Crippen molar-refractivity contribution in [2.75, 3.05) is 50.1 Å². The van der Waals surface area contributed by atoms with Crippen LogP contribution in [0.2, 0.25) is 5.02 Å². The Labute approximate surface area is 375 Å². The largest absolute Gasteiger partial charge is 0.573 e. The van der Waals surface area contributed by atoms with Crippen molar-refractivity contribution in [2.24, 2.45) is 11.3 Å². The summed E-state index contributed by atoms with van der Waals surface area (Å²) in [5, 5.41) is 5.18. The van der Waals surface area contributed by atoms with Crippen LogP contribution < -0.4 is 20.3 Å². The molecule has 2 saturated heterocycles. The Balaban J connectivity index is 1.18. The maximum atomic E-state index is 13.8. The van der Waals surface area contributed by atoms with Crippen LogP contribution in [0.5, 0.6) is 5.75 Å². The lowest BCUT2D eigenvalue weighted by Gasteiger charge is -2.42. The van der Waals surface area contributed by atoms with E-state index in [1.807, 2.05) is 53.4 Å². The topological polar surface area (TPSA) is 171 Å².